The summed E-state index contributed by atoms with van der Waals surface area (Å²) in [5.41, 5.74) is 1.70. The van der Waals surface area contributed by atoms with E-state index < -0.39 is 49.5 Å². The molecule has 0 radical (unpaired) electrons. The standard InChI is InChI=1S/C19H14F3N3O6S/c20-19(21,22)12-6-8-15(16(10-12)25(27)28)23-24-18(26)17-9-7-13(31-17)11-32(29,30)14-4-2-1-3-5-14/h1-10,23H,11H2,(H,24,26). The number of hydrogen-bond acceptors (Lipinski definition) is 7. The number of amides is 1. The first kappa shape index (κ1) is 22.8. The molecule has 2 aromatic carbocycles. The predicted octanol–water partition coefficient (Wildman–Crippen LogP) is 3.94. The number of halogens is 3. The molecule has 13 heteroatoms. The topological polar surface area (TPSA) is 132 Å². The number of nitrogens with one attached hydrogen (secondary N) is 2. The zero-order valence-electron chi connectivity index (χ0n) is 15.9. The third-order valence-electron chi connectivity index (χ3n) is 4.15. The molecular formula is C19H14F3N3O6S. The lowest BCUT2D eigenvalue weighted by atomic mass is 10.1. The van der Waals surface area contributed by atoms with Crippen molar-refractivity contribution < 1.29 is 35.7 Å². The quantitative estimate of drug-likeness (QED) is 0.396. The van der Waals surface area contributed by atoms with Crippen LogP contribution in [-0.2, 0) is 21.8 Å². The van der Waals surface area contributed by atoms with Gasteiger partial charge in [0, 0.05) is 6.07 Å². The molecule has 0 aliphatic heterocycles. The summed E-state index contributed by atoms with van der Waals surface area (Å²) in [4.78, 5) is 22.3. The Hall–Kier alpha value is -3.87. The third kappa shape index (κ3) is 5.24. The normalized spacial score (nSPS) is 11.7. The van der Waals surface area contributed by atoms with Gasteiger partial charge >= 0.3 is 12.1 Å². The van der Waals surface area contributed by atoms with Gasteiger partial charge in [-0.05, 0) is 36.4 Å². The van der Waals surface area contributed by atoms with Crippen molar-refractivity contribution in [1.82, 2.24) is 5.43 Å². The van der Waals surface area contributed by atoms with Crippen LogP contribution in [0.2, 0.25) is 0 Å². The molecule has 3 rings (SSSR count). The summed E-state index contributed by atoms with van der Waals surface area (Å²) >= 11 is 0. The molecule has 0 saturated heterocycles. The van der Waals surface area contributed by atoms with Crippen LogP contribution in [-0.4, -0.2) is 19.2 Å². The molecule has 1 heterocycles. The summed E-state index contributed by atoms with van der Waals surface area (Å²) in [6.07, 6.45) is -4.78. The summed E-state index contributed by atoms with van der Waals surface area (Å²) in [5.74, 6) is -1.78. The summed E-state index contributed by atoms with van der Waals surface area (Å²) in [6, 6.07) is 11.8. The first-order valence-corrected chi connectivity index (χ1v) is 10.4. The zero-order valence-corrected chi connectivity index (χ0v) is 16.7. The molecule has 168 valence electrons. The molecule has 0 fully saturated rings. The highest BCUT2D eigenvalue weighted by Crippen LogP contribution is 2.34. The number of carbonyl (C=O) groups is 1. The van der Waals surface area contributed by atoms with Crippen molar-refractivity contribution in [2.75, 3.05) is 5.43 Å². The molecule has 3 aromatic rings. The van der Waals surface area contributed by atoms with Gasteiger partial charge in [-0.15, -0.1) is 0 Å². The molecule has 1 amide bonds. The zero-order chi connectivity index (χ0) is 23.5. The lowest BCUT2D eigenvalue weighted by Crippen LogP contribution is -2.29. The Bertz CT molecular complexity index is 1260. The van der Waals surface area contributed by atoms with Gasteiger partial charge in [0.05, 0.1) is 15.4 Å². The minimum Gasteiger partial charge on any atom is -0.455 e. The maximum Gasteiger partial charge on any atom is 0.416 e. The molecule has 0 atom stereocenters. The van der Waals surface area contributed by atoms with Crippen molar-refractivity contribution in [2.45, 2.75) is 16.8 Å². The number of anilines is 1. The fraction of sp³-hybridized carbons (Fsp3) is 0.105. The van der Waals surface area contributed by atoms with Crippen molar-refractivity contribution in [3.63, 3.8) is 0 Å². The Kier molecular flexibility index (Phi) is 6.20. The Morgan fingerprint density at radius 2 is 1.75 bits per heavy atom. The number of nitrogens with zero attached hydrogens (tertiary/aromatic N) is 1. The van der Waals surface area contributed by atoms with Gasteiger partial charge in [-0.2, -0.15) is 13.2 Å². The highest BCUT2D eigenvalue weighted by molar-refractivity contribution is 7.90. The number of carbonyl (C=O) groups excluding carboxylic acids is 1. The molecule has 0 aliphatic rings. The number of nitro groups is 1. The summed E-state index contributed by atoms with van der Waals surface area (Å²) < 4.78 is 68.2. The van der Waals surface area contributed by atoms with E-state index in [1.54, 1.807) is 18.2 Å². The number of hydrazine groups is 1. The first-order chi connectivity index (χ1) is 15.0. The Balaban J connectivity index is 1.70. The average Bonchev–Trinajstić information content (AvgIpc) is 3.19. The lowest BCUT2D eigenvalue weighted by Gasteiger charge is -2.11. The van der Waals surface area contributed by atoms with Gasteiger partial charge in [0.1, 0.15) is 17.2 Å². The van der Waals surface area contributed by atoms with Gasteiger partial charge in [0.15, 0.2) is 15.6 Å². The Morgan fingerprint density at radius 1 is 1.06 bits per heavy atom. The second-order valence-corrected chi connectivity index (χ2v) is 8.39. The molecule has 32 heavy (non-hydrogen) atoms. The number of nitro benzene ring substituents is 1. The van der Waals surface area contributed by atoms with Crippen molar-refractivity contribution in [3.05, 3.63) is 87.9 Å². The van der Waals surface area contributed by atoms with E-state index in [2.05, 4.69) is 10.9 Å². The summed E-state index contributed by atoms with van der Waals surface area (Å²) in [7, 11) is -3.72. The van der Waals surface area contributed by atoms with E-state index in [1.165, 1.54) is 24.3 Å². The smallest absolute Gasteiger partial charge is 0.416 e. The van der Waals surface area contributed by atoms with Gasteiger partial charge < -0.3 is 4.42 Å². The molecule has 1 aromatic heterocycles. The first-order valence-electron chi connectivity index (χ1n) is 8.76. The van der Waals surface area contributed by atoms with Crippen molar-refractivity contribution in [2.24, 2.45) is 0 Å². The fourth-order valence-corrected chi connectivity index (χ4v) is 3.89. The number of rotatable bonds is 7. The number of sulfone groups is 1. The molecule has 9 nitrogen and oxygen atoms in total. The number of furan rings is 1. The monoisotopic (exact) mass is 469 g/mol. The number of hydrogen-bond donors (Lipinski definition) is 2. The maximum atomic E-state index is 12.8. The van der Waals surface area contributed by atoms with Crippen molar-refractivity contribution in [1.29, 1.82) is 0 Å². The van der Waals surface area contributed by atoms with Gasteiger partial charge in [-0.1, -0.05) is 18.2 Å². The SMILES string of the molecule is O=C(NNc1ccc(C(F)(F)F)cc1[N+](=O)[O-])c1ccc(CS(=O)(=O)c2ccccc2)o1. The largest absolute Gasteiger partial charge is 0.455 e. The molecule has 0 spiro atoms. The van der Waals surface area contributed by atoms with Crippen LogP contribution in [0, 0.1) is 10.1 Å². The van der Waals surface area contributed by atoms with E-state index in [1.807, 2.05) is 0 Å². The van der Waals surface area contributed by atoms with Crippen LogP contribution in [0.5, 0.6) is 0 Å². The van der Waals surface area contributed by atoms with Crippen LogP contribution in [0.25, 0.3) is 0 Å². The van der Waals surface area contributed by atoms with Crippen LogP contribution in [0.3, 0.4) is 0 Å². The van der Waals surface area contributed by atoms with E-state index in [4.69, 9.17) is 4.42 Å². The molecular weight excluding hydrogens is 455 g/mol. The van der Waals surface area contributed by atoms with Crippen LogP contribution in [0.1, 0.15) is 21.9 Å². The van der Waals surface area contributed by atoms with E-state index in [0.29, 0.717) is 12.1 Å². The Morgan fingerprint density at radius 3 is 2.38 bits per heavy atom. The Labute approximate surface area is 178 Å². The minimum absolute atomic E-state index is 0.0282. The van der Waals surface area contributed by atoms with E-state index in [9.17, 15) is 36.5 Å². The fourth-order valence-electron chi connectivity index (χ4n) is 2.63. The van der Waals surface area contributed by atoms with Crippen LogP contribution >= 0.6 is 0 Å². The molecule has 0 saturated carbocycles. The van der Waals surface area contributed by atoms with Crippen LogP contribution in [0.4, 0.5) is 24.5 Å². The second-order valence-electron chi connectivity index (χ2n) is 6.40. The predicted molar refractivity (Wildman–Crippen MR) is 105 cm³/mol. The second kappa shape index (κ2) is 8.70. The highest BCUT2D eigenvalue weighted by Gasteiger charge is 2.33. The van der Waals surface area contributed by atoms with Crippen LogP contribution < -0.4 is 10.9 Å². The van der Waals surface area contributed by atoms with E-state index in [0.717, 1.165) is 6.07 Å². The summed E-state index contributed by atoms with van der Waals surface area (Å²) in [5, 5.41) is 11.1. The third-order valence-corrected chi connectivity index (χ3v) is 5.81. The van der Waals surface area contributed by atoms with Gasteiger partial charge in [-0.25, -0.2) is 8.42 Å². The molecule has 0 bridgehead atoms. The van der Waals surface area contributed by atoms with Crippen molar-refractivity contribution >= 4 is 27.1 Å². The maximum absolute atomic E-state index is 12.8. The van der Waals surface area contributed by atoms with Gasteiger partial charge in [0.25, 0.3) is 5.69 Å². The van der Waals surface area contributed by atoms with E-state index >= 15 is 0 Å². The average molecular weight is 469 g/mol. The van der Waals surface area contributed by atoms with E-state index in [-0.39, 0.29) is 16.4 Å². The molecule has 2 N–H and O–H groups in total. The highest BCUT2D eigenvalue weighted by atomic mass is 32.2. The van der Waals surface area contributed by atoms with Gasteiger partial charge in [-0.3, -0.25) is 25.8 Å². The lowest BCUT2D eigenvalue weighted by molar-refractivity contribution is -0.384. The van der Waals surface area contributed by atoms with Gasteiger partial charge in [0.2, 0.25) is 0 Å². The number of alkyl halides is 3. The molecule has 0 aliphatic carbocycles. The number of benzene rings is 2. The van der Waals surface area contributed by atoms with Crippen LogP contribution in [0.15, 0.2) is 70.0 Å². The van der Waals surface area contributed by atoms with Crippen molar-refractivity contribution in [3.8, 4) is 0 Å². The summed E-state index contributed by atoms with van der Waals surface area (Å²) in [6.45, 7) is 0. The molecule has 0 unspecified atom stereocenters. The minimum atomic E-state index is -4.78.